The maximum absolute atomic E-state index is 4.51. The Balaban J connectivity index is 1.91. The highest BCUT2D eigenvalue weighted by atomic mass is 15.3. The molecule has 1 saturated carbocycles. The highest BCUT2D eigenvalue weighted by Crippen LogP contribution is 2.46. The van der Waals surface area contributed by atoms with Crippen molar-refractivity contribution in [3.05, 3.63) is 48.3 Å². The van der Waals surface area contributed by atoms with Crippen LogP contribution >= 0.6 is 0 Å². The number of rotatable bonds is 1. The van der Waals surface area contributed by atoms with Crippen LogP contribution in [0.3, 0.4) is 0 Å². The molecule has 1 aromatic carbocycles. The molecule has 98 valence electrons. The van der Waals surface area contributed by atoms with Gasteiger partial charge in [0.2, 0.25) is 0 Å². The third kappa shape index (κ3) is 1.29. The molecule has 5 nitrogen and oxygen atoms in total. The molecule has 2 aliphatic rings. The average Bonchev–Trinajstić information content (AvgIpc) is 3.09. The molecule has 0 radical (unpaired) electrons. The van der Waals surface area contributed by atoms with Crippen molar-refractivity contribution in [2.45, 2.75) is 25.3 Å². The third-order valence-electron chi connectivity index (χ3n) is 4.22. The molecule has 5 rings (SSSR count). The highest BCUT2D eigenvalue weighted by molar-refractivity contribution is 5.74. The molecule has 0 unspecified atom stereocenters. The standard InChI is InChI=1S/C15H13N5/c1-2-12(10-4-5-10)14-13(3-1)19-9-16-6-11(19)7-20-15(14)17-8-18-20/h1-3,6,8-10H,4-5,7H2. The topological polar surface area (TPSA) is 48.5 Å². The normalized spacial score (nSPS) is 16.2. The number of fused-ring (bicyclic) bond motifs is 5. The Hall–Kier alpha value is -2.43. The van der Waals surface area contributed by atoms with E-state index < -0.39 is 0 Å². The zero-order valence-corrected chi connectivity index (χ0v) is 10.9. The van der Waals surface area contributed by atoms with Gasteiger partial charge in [0.25, 0.3) is 0 Å². The van der Waals surface area contributed by atoms with Crippen molar-refractivity contribution in [2.75, 3.05) is 0 Å². The summed E-state index contributed by atoms with van der Waals surface area (Å²) in [6.07, 6.45) is 8.00. The van der Waals surface area contributed by atoms with E-state index in [9.17, 15) is 0 Å². The van der Waals surface area contributed by atoms with Gasteiger partial charge >= 0.3 is 0 Å². The number of imidazole rings is 1. The lowest BCUT2D eigenvalue weighted by atomic mass is 10.0. The first-order chi connectivity index (χ1) is 9.92. The molecule has 3 aromatic rings. The molecule has 3 heterocycles. The first-order valence-corrected chi connectivity index (χ1v) is 6.94. The van der Waals surface area contributed by atoms with Crippen LogP contribution in [0.15, 0.2) is 37.1 Å². The third-order valence-corrected chi connectivity index (χ3v) is 4.22. The fourth-order valence-corrected chi connectivity index (χ4v) is 3.12. The van der Waals surface area contributed by atoms with Gasteiger partial charge in [0.15, 0.2) is 5.82 Å². The molecule has 1 aliphatic heterocycles. The van der Waals surface area contributed by atoms with E-state index in [-0.39, 0.29) is 0 Å². The van der Waals surface area contributed by atoms with E-state index in [4.69, 9.17) is 0 Å². The van der Waals surface area contributed by atoms with Gasteiger partial charge in [-0.2, -0.15) is 5.10 Å². The van der Waals surface area contributed by atoms with Crippen LogP contribution in [-0.4, -0.2) is 24.3 Å². The summed E-state index contributed by atoms with van der Waals surface area (Å²) in [5.41, 5.74) is 4.94. The van der Waals surface area contributed by atoms with Crippen molar-refractivity contribution in [3.8, 4) is 17.1 Å². The smallest absolute Gasteiger partial charge is 0.160 e. The van der Waals surface area contributed by atoms with Gasteiger partial charge < -0.3 is 4.57 Å². The Morgan fingerprint density at radius 3 is 3.05 bits per heavy atom. The van der Waals surface area contributed by atoms with Crippen LogP contribution in [0.5, 0.6) is 0 Å². The Kier molecular flexibility index (Phi) is 1.85. The van der Waals surface area contributed by atoms with E-state index in [1.807, 2.05) is 17.2 Å². The summed E-state index contributed by atoms with van der Waals surface area (Å²) in [4.78, 5) is 8.80. The molecule has 0 amide bonds. The first-order valence-electron chi connectivity index (χ1n) is 6.94. The summed E-state index contributed by atoms with van der Waals surface area (Å²) in [6.45, 7) is 0.716. The Morgan fingerprint density at radius 2 is 2.15 bits per heavy atom. The van der Waals surface area contributed by atoms with Crippen molar-refractivity contribution < 1.29 is 0 Å². The fourth-order valence-electron chi connectivity index (χ4n) is 3.12. The van der Waals surface area contributed by atoms with Crippen LogP contribution in [-0.2, 0) is 6.54 Å². The maximum Gasteiger partial charge on any atom is 0.160 e. The van der Waals surface area contributed by atoms with E-state index >= 15 is 0 Å². The zero-order valence-electron chi connectivity index (χ0n) is 10.9. The minimum Gasteiger partial charge on any atom is -0.301 e. The van der Waals surface area contributed by atoms with Crippen molar-refractivity contribution >= 4 is 0 Å². The summed E-state index contributed by atoms with van der Waals surface area (Å²) >= 11 is 0. The predicted octanol–water partition coefficient (Wildman–Crippen LogP) is 2.37. The molecule has 2 aromatic heterocycles. The number of nitrogens with zero attached hydrogens (tertiary/aromatic N) is 5. The Bertz CT molecular complexity index is 809. The molecule has 0 bridgehead atoms. The van der Waals surface area contributed by atoms with E-state index in [2.05, 4.69) is 37.8 Å². The lowest BCUT2D eigenvalue weighted by Gasteiger charge is -2.12. The number of hydrogen-bond donors (Lipinski definition) is 0. The van der Waals surface area contributed by atoms with Crippen molar-refractivity contribution in [1.29, 1.82) is 0 Å². The van der Waals surface area contributed by atoms with E-state index in [0.29, 0.717) is 12.5 Å². The minimum absolute atomic E-state index is 0.681. The number of benzene rings is 1. The molecule has 1 fully saturated rings. The highest BCUT2D eigenvalue weighted by Gasteiger charge is 2.31. The lowest BCUT2D eigenvalue weighted by Crippen LogP contribution is -2.03. The quantitative estimate of drug-likeness (QED) is 0.529. The summed E-state index contributed by atoms with van der Waals surface area (Å²) in [5.74, 6) is 1.66. The molecule has 20 heavy (non-hydrogen) atoms. The molecular formula is C15H13N5. The van der Waals surface area contributed by atoms with E-state index in [1.54, 1.807) is 6.33 Å². The van der Waals surface area contributed by atoms with Crippen LogP contribution in [0.1, 0.15) is 30.0 Å². The fraction of sp³-hybridized carbons (Fsp3) is 0.267. The van der Waals surface area contributed by atoms with Crippen molar-refractivity contribution in [1.82, 2.24) is 24.3 Å². The molecule has 0 saturated heterocycles. The largest absolute Gasteiger partial charge is 0.301 e. The average molecular weight is 263 g/mol. The molecular weight excluding hydrogens is 250 g/mol. The second-order valence-electron chi connectivity index (χ2n) is 5.51. The predicted molar refractivity (Wildman–Crippen MR) is 73.7 cm³/mol. The number of aromatic nitrogens is 5. The maximum atomic E-state index is 4.51. The monoisotopic (exact) mass is 263 g/mol. The lowest BCUT2D eigenvalue weighted by molar-refractivity contribution is 0.677. The van der Waals surface area contributed by atoms with Gasteiger partial charge in [0.1, 0.15) is 6.33 Å². The van der Waals surface area contributed by atoms with E-state index in [1.165, 1.54) is 29.7 Å². The second-order valence-corrected chi connectivity index (χ2v) is 5.51. The van der Waals surface area contributed by atoms with Gasteiger partial charge in [-0.3, -0.25) is 0 Å². The van der Waals surface area contributed by atoms with Crippen LogP contribution in [0, 0.1) is 0 Å². The van der Waals surface area contributed by atoms with Crippen LogP contribution in [0.4, 0.5) is 0 Å². The summed E-state index contributed by atoms with van der Waals surface area (Å²) < 4.78 is 4.14. The SMILES string of the molecule is c1cc(C2CC2)c2c(c1)-n1cncc1Cn1ncnc1-2. The molecule has 0 spiro atoms. The Labute approximate surface area is 115 Å². The molecule has 0 N–H and O–H groups in total. The zero-order chi connectivity index (χ0) is 13.1. The second kappa shape index (κ2) is 3.56. The van der Waals surface area contributed by atoms with Crippen molar-refractivity contribution in [3.63, 3.8) is 0 Å². The van der Waals surface area contributed by atoms with Gasteiger partial charge in [-0.25, -0.2) is 14.6 Å². The van der Waals surface area contributed by atoms with Crippen LogP contribution in [0.25, 0.3) is 17.1 Å². The summed E-state index contributed by atoms with van der Waals surface area (Å²) in [6, 6.07) is 6.52. The first kappa shape index (κ1) is 10.4. The van der Waals surface area contributed by atoms with E-state index in [0.717, 1.165) is 11.5 Å². The molecule has 1 aliphatic carbocycles. The van der Waals surface area contributed by atoms with Crippen LogP contribution in [0.2, 0.25) is 0 Å². The summed E-state index contributed by atoms with van der Waals surface area (Å²) in [5, 5.41) is 4.38. The molecule has 0 atom stereocenters. The Morgan fingerprint density at radius 1 is 1.20 bits per heavy atom. The summed E-state index contributed by atoms with van der Waals surface area (Å²) in [7, 11) is 0. The number of hydrogen-bond acceptors (Lipinski definition) is 3. The van der Waals surface area contributed by atoms with Gasteiger partial charge in [-0.15, -0.1) is 0 Å². The van der Waals surface area contributed by atoms with Crippen molar-refractivity contribution in [2.24, 2.45) is 0 Å². The van der Waals surface area contributed by atoms with Gasteiger partial charge in [0, 0.05) is 5.56 Å². The molecule has 5 heteroatoms. The van der Waals surface area contributed by atoms with Crippen LogP contribution < -0.4 is 0 Å². The minimum atomic E-state index is 0.681. The van der Waals surface area contributed by atoms with Gasteiger partial charge in [-0.05, 0) is 30.4 Å². The van der Waals surface area contributed by atoms with Gasteiger partial charge in [-0.1, -0.05) is 12.1 Å². The van der Waals surface area contributed by atoms with Gasteiger partial charge in [0.05, 0.1) is 30.5 Å².